The minimum atomic E-state index is -2.04. The monoisotopic (exact) mass is 540 g/mol. The summed E-state index contributed by atoms with van der Waals surface area (Å²) in [4.78, 5) is 0. The van der Waals surface area contributed by atoms with Gasteiger partial charge >= 0.3 is 0 Å². The molecule has 0 fully saturated rings. The summed E-state index contributed by atoms with van der Waals surface area (Å²) < 4.78 is 0. The van der Waals surface area contributed by atoms with Crippen LogP contribution in [0.2, 0.25) is 33.2 Å². The normalized spacial score (nSPS) is 13.3. The van der Waals surface area contributed by atoms with E-state index in [1.807, 2.05) is 0 Å². The van der Waals surface area contributed by atoms with Gasteiger partial charge in [0.15, 0.2) is 0 Å². The highest BCUT2D eigenvalue weighted by molar-refractivity contribution is 6.96. The fraction of sp³-hybridized carbons (Fsp3) is 0.636. The van der Waals surface area contributed by atoms with Crippen molar-refractivity contribution in [3.05, 3.63) is 46.5 Å². The Morgan fingerprint density at radius 2 is 0.730 bits per heavy atom. The summed E-state index contributed by atoms with van der Waals surface area (Å²) in [5.74, 6) is 0.937. The van der Waals surface area contributed by atoms with Crippen LogP contribution in [-0.2, 0) is 6.42 Å². The second-order valence-electron chi connectivity index (χ2n) is 13.6. The van der Waals surface area contributed by atoms with Crippen LogP contribution < -0.4 is 10.4 Å². The van der Waals surface area contributed by atoms with Crippen LogP contribution in [0, 0.1) is 13.8 Å². The van der Waals surface area contributed by atoms with E-state index in [2.05, 4.69) is 121 Å². The molecule has 0 aliphatic carbocycles. The molecule has 0 aliphatic heterocycles. The zero-order chi connectivity index (χ0) is 28.6. The molecule has 2 N–H and O–H groups in total. The number of aryl methyl sites for hydroxylation is 2. The van der Waals surface area contributed by atoms with Crippen LogP contribution >= 0.6 is 0 Å². The third-order valence-corrected chi connectivity index (χ3v) is 23.8. The second-order valence-corrected chi connectivity index (χ2v) is 25.3. The Bertz CT molecular complexity index is 951. The summed E-state index contributed by atoms with van der Waals surface area (Å²) in [5, 5.41) is 26.1. The topological polar surface area (TPSA) is 40.5 Å². The van der Waals surface area contributed by atoms with Gasteiger partial charge < -0.3 is 10.2 Å². The number of rotatable bonds is 10. The van der Waals surface area contributed by atoms with E-state index in [9.17, 15) is 10.2 Å². The van der Waals surface area contributed by atoms with Crippen molar-refractivity contribution in [3.63, 3.8) is 0 Å². The molecule has 0 heterocycles. The lowest BCUT2D eigenvalue weighted by molar-refractivity contribution is 0.466. The minimum Gasteiger partial charge on any atom is -0.508 e. The van der Waals surface area contributed by atoms with Crippen LogP contribution in [0.3, 0.4) is 0 Å². The zero-order valence-electron chi connectivity index (χ0n) is 26.4. The lowest BCUT2D eigenvalue weighted by Crippen LogP contribution is -2.56. The smallest absolute Gasteiger partial charge is 0.118 e. The maximum atomic E-state index is 11.9. The van der Waals surface area contributed by atoms with E-state index >= 15 is 0 Å². The molecule has 2 aromatic carbocycles. The van der Waals surface area contributed by atoms with Crippen molar-refractivity contribution in [1.82, 2.24) is 0 Å². The molecule has 0 unspecified atom stereocenters. The Kier molecular flexibility index (Phi) is 10.0. The Balaban J connectivity index is 2.83. The van der Waals surface area contributed by atoms with Gasteiger partial charge in [-0.25, -0.2) is 0 Å². The van der Waals surface area contributed by atoms with Crippen LogP contribution in [0.15, 0.2) is 24.3 Å². The van der Waals surface area contributed by atoms with E-state index in [4.69, 9.17) is 0 Å². The van der Waals surface area contributed by atoms with Gasteiger partial charge in [-0.2, -0.15) is 0 Å². The van der Waals surface area contributed by atoms with Crippen LogP contribution in [-0.4, -0.2) is 26.4 Å². The molecule has 37 heavy (non-hydrogen) atoms. The molecular formula is C33H56O2Si2. The van der Waals surface area contributed by atoms with Gasteiger partial charge in [-0.15, -0.1) is 0 Å². The zero-order valence-corrected chi connectivity index (χ0v) is 28.4. The molecule has 2 rings (SSSR count). The van der Waals surface area contributed by atoms with Crippen molar-refractivity contribution in [2.45, 2.75) is 137 Å². The third-order valence-electron chi connectivity index (χ3n) is 9.71. The fourth-order valence-corrected chi connectivity index (χ4v) is 22.5. The molecule has 208 valence electrons. The average Bonchev–Trinajstić information content (AvgIpc) is 2.73. The summed E-state index contributed by atoms with van der Waals surface area (Å²) >= 11 is 0. The van der Waals surface area contributed by atoms with Crippen LogP contribution in [0.1, 0.15) is 105 Å². The number of hydrogen-bond donors (Lipinski definition) is 2. The SMILES string of the molecule is Cc1cc(Cc2cc(C)cc([Si](C(C)C)(C(C)C)C(C)C)c2O)c(O)c([Si](C(C)C)(C(C)C)C(C)C)c1. The molecule has 0 saturated carbocycles. The molecule has 0 aromatic heterocycles. The highest BCUT2D eigenvalue weighted by Gasteiger charge is 2.47. The van der Waals surface area contributed by atoms with Crippen molar-refractivity contribution in [2.75, 3.05) is 0 Å². The quantitative estimate of drug-likeness (QED) is 0.295. The van der Waals surface area contributed by atoms with E-state index < -0.39 is 16.1 Å². The summed E-state index contributed by atoms with van der Waals surface area (Å²) in [7, 11) is -4.09. The van der Waals surface area contributed by atoms with Crippen molar-refractivity contribution in [3.8, 4) is 11.5 Å². The van der Waals surface area contributed by atoms with E-state index in [0.29, 0.717) is 51.2 Å². The van der Waals surface area contributed by atoms with Gasteiger partial charge in [0, 0.05) is 6.42 Å². The maximum absolute atomic E-state index is 11.9. The largest absolute Gasteiger partial charge is 0.508 e. The Labute approximate surface area is 231 Å². The Morgan fingerprint density at radius 3 is 0.946 bits per heavy atom. The summed E-state index contributed by atoms with van der Waals surface area (Å²) in [5.41, 5.74) is 7.39. The van der Waals surface area contributed by atoms with E-state index in [-0.39, 0.29) is 0 Å². The lowest BCUT2D eigenvalue weighted by atomic mass is 9.99. The first-order valence-corrected chi connectivity index (χ1v) is 19.1. The van der Waals surface area contributed by atoms with E-state index in [0.717, 1.165) is 11.1 Å². The molecule has 2 aromatic rings. The molecule has 0 atom stereocenters. The molecule has 0 radical (unpaired) electrons. The first-order valence-electron chi connectivity index (χ1n) is 14.6. The van der Waals surface area contributed by atoms with Crippen molar-refractivity contribution in [1.29, 1.82) is 0 Å². The van der Waals surface area contributed by atoms with Crippen LogP contribution in [0.4, 0.5) is 0 Å². The van der Waals surface area contributed by atoms with Crippen LogP contribution in [0.25, 0.3) is 0 Å². The number of phenolic OH excluding ortho intramolecular Hbond substituents is 2. The first kappa shape index (κ1) is 31.7. The predicted octanol–water partition coefficient (Wildman–Crippen LogP) is 9.08. The van der Waals surface area contributed by atoms with Crippen LogP contribution in [0.5, 0.6) is 11.5 Å². The molecule has 0 bridgehead atoms. The van der Waals surface area contributed by atoms with Gasteiger partial charge in [-0.05, 0) is 68.6 Å². The first-order chi connectivity index (χ1) is 17.0. The molecular weight excluding hydrogens is 485 g/mol. The Hall–Kier alpha value is -1.53. The predicted molar refractivity (Wildman–Crippen MR) is 170 cm³/mol. The molecule has 0 saturated heterocycles. The second kappa shape index (κ2) is 11.7. The van der Waals surface area contributed by atoms with E-state index in [1.165, 1.54) is 21.5 Å². The van der Waals surface area contributed by atoms with Gasteiger partial charge in [0.2, 0.25) is 0 Å². The highest BCUT2D eigenvalue weighted by Crippen LogP contribution is 2.45. The average molecular weight is 541 g/mol. The Morgan fingerprint density at radius 1 is 0.486 bits per heavy atom. The maximum Gasteiger partial charge on any atom is 0.118 e. The standard InChI is InChI=1S/C33H56O2Si2/c1-20(2)36(21(3)4,22(5)6)30-17-26(13)15-28(32(30)34)19-29-16-27(14)18-31(33(29)35)37(23(7)8,24(9)10)25(11)12/h15-18,20-25,34-35H,19H2,1-14H3. The van der Waals surface area contributed by atoms with Gasteiger partial charge in [0.25, 0.3) is 0 Å². The number of hydrogen-bond acceptors (Lipinski definition) is 2. The van der Waals surface area contributed by atoms with E-state index in [1.54, 1.807) is 0 Å². The number of phenols is 2. The van der Waals surface area contributed by atoms with Gasteiger partial charge in [0.05, 0.1) is 16.1 Å². The molecule has 0 amide bonds. The fourth-order valence-electron chi connectivity index (χ4n) is 8.71. The summed E-state index contributed by atoms with van der Waals surface area (Å²) in [6, 6.07) is 8.80. The summed E-state index contributed by atoms with van der Waals surface area (Å²) in [6.07, 6.45) is 0.554. The molecule has 0 aliphatic rings. The van der Waals surface area contributed by atoms with Gasteiger partial charge in [-0.1, -0.05) is 118 Å². The van der Waals surface area contributed by atoms with Gasteiger partial charge in [-0.3, -0.25) is 0 Å². The summed E-state index contributed by atoms with van der Waals surface area (Å²) in [6.45, 7) is 32.5. The molecule has 2 nitrogen and oxygen atoms in total. The highest BCUT2D eigenvalue weighted by atomic mass is 28.3. The molecule has 4 heteroatoms. The minimum absolute atomic E-state index is 0.468. The van der Waals surface area contributed by atoms with Crippen molar-refractivity contribution in [2.24, 2.45) is 0 Å². The third kappa shape index (κ3) is 5.34. The van der Waals surface area contributed by atoms with Gasteiger partial charge in [0.1, 0.15) is 11.5 Å². The lowest BCUT2D eigenvalue weighted by Gasteiger charge is -2.44. The number of aromatic hydroxyl groups is 2. The van der Waals surface area contributed by atoms with Crippen molar-refractivity contribution < 1.29 is 10.2 Å². The van der Waals surface area contributed by atoms with Crippen molar-refractivity contribution >= 4 is 26.5 Å². The number of benzene rings is 2. The molecule has 0 spiro atoms.